The van der Waals surface area contributed by atoms with Gasteiger partial charge in [-0.15, -0.1) is 0 Å². The van der Waals surface area contributed by atoms with Gasteiger partial charge in [-0.1, -0.05) is 0 Å². The maximum atomic E-state index is 12.0. The molecule has 0 aliphatic carbocycles. The molecule has 0 saturated carbocycles. The quantitative estimate of drug-likeness (QED) is 0.725. The van der Waals surface area contributed by atoms with Crippen LogP contribution in [0.1, 0.15) is 27.2 Å². The van der Waals surface area contributed by atoms with Crippen LogP contribution < -0.4 is 0 Å². The molecule has 1 N–H and O–H groups in total. The second-order valence-electron chi connectivity index (χ2n) is 4.78. The van der Waals surface area contributed by atoms with Gasteiger partial charge >= 0.3 is 5.97 Å². The summed E-state index contributed by atoms with van der Waals surface area (Å²) >= 11 is 0. The fraction of sp³-hybridized carbons (Fsp3) is 0.818. The molecule has 5 nitrogen and oxygen atoms in total. The molecule has 1 fully saturated rings. The maximum Gasteiger partial charge on any atom is 0.318 e. The van der Waals surface area contributed by atoms with Crippen molar-refractivity contribution in [3.8, 4) is 0 Å². The van der Waals surface area contributed by atoms with Gasteiger partial charge in [0.05, 0.1) is 12.1 Å². The number of likely N-dealkylation sites (N-methyl/N-ethyl adjacent to an activating group) is 1. The molecule has 1 aliphatic rings. The van der Waals surface area contributed by atoms with E-state index in [4.69, 9.17) is 9.84 Å². The topological polar surface area (TPSA) is 66.8 Å². The normalized spacial score (nSPS) is 25.5. The van der Waals surface area contributed by atoms with Crippen molar-refractivity contribution < 1.29 is 19.4 Å². The van der Waals surface area contributed by atoms with E-state index in [2.05, 4.69) is 0 Å². The van der Waals surface area contributed by atoms with Gasteiger partial charge < -0.3 is 14.7 Å². The first-order valence-corrected chi connectivity index (χ1v) is 5.40. The van der Waals surface area contributed by atoms with Gasteiger partial charge in [0.2, 0.25) is 5.91 Å². The van der Waals surface area contributed by atoms with Gasteiger partial charge in [-0.3, -0.25) is 9.59 Å². The Morgan fingerprint density at radius 1 is 1.44 bits per heavy atom. The lowest BCUT2D eigenvalue weighted by molar-refractivity contribution is -0.159. The van der Waals surface area contributed by atoms with Crippen LogP contribution in [0.5, 0.6) is 0 Å². The van der Waals surface area contributed by atoms with Crippen LogP contribution in [0.4, 0.5) is 0 Å². The lowest BCUT2D eigenvalue weighted by Crippen LogP contribution is -2.49. The number of aliphatic carboxylic acids is 1. The van der Waals surface area contributed by atoms with Crippen LogP contribution >= 0.6 is 0 Å². The van der Waals surface area contributed by atoms with E-state index in [1.54, 1.807) is 7.05 Å². The summed E-state index contributed by atoms with van der Waals surface area (Å²) in [5.41, 5.74) is -1.38. The predicted octanol–water partition coefficient (Wildman–Crippen LogP) is 0.733. The van der Waals surface area contributed by atoms with Crippen molar-refractivity contribution in [1.82, 2.24) is 4.90 Å². The monoisotopic (exact) mass is 229 g/mol. The second kappa shape index (κ2) is 4.41. The first-order valence-electron chi connectivity index (χ1n) is 5.40. The highest BCUT2D eigenvalue weighted by Gasteiger charge is 2.42. The van der Waals surface area contributed by atoms with E-state index >= 15 is 0 Å². The molecule has 2 atom stereocenters. The number of ether oxygens (including phenoxy) is 1. The highest BCUT2D eigenvalue weighted by molar-refractivity contribution is 6.01. The number of hydrogen-bond acceptors (Lipinski definition) is 3. The summed E-state index contributed by atoms with van der Waals surface area (Å²) in [5, 5.41) is 8.99. The van der Waals surface area contributed by atoms with Crippen molar-refractivity contribution in [1.29, 1.82) is 0 Å². The summed E-state index contributed by atoms with van der Waals surface area (Å²) in [7, 11) is 1.64. The summed E-state index contributed by atoms with van der Waals surface area (Å²) in [5.74, 6) is -1.47. The Bertz CT molecular complexity index is 300. The number of carbonyl (C=O) groups is 2. The smallest absolute Gasteiger partial charge is 0.318 e. The maximum absolute atomic E-state index is 12.0. The van der Waals surface area contributed by atoms with E-state index < -0.39 is 11.4 Å². The SMILES string of the molecule is CC1OCCC1N(C)C(=O)C(C)(C)C(=O)O. The Balaban J connectivity index is 2.78. The first kappa shape index (κ1) is 13.0. The van der Waals surface area contributed by atoms with Gasteiger partial charge in [0.1, 0.15) is 5.41 Å². The summed E-state index contributed by atoms with van der Waals surface area (Å²) < 4.78 is 5.37. The van der Waals surface area contributed by atoms with Gasteiger partial charge in [-0.2, -0.15) is 0 Å². The van der Waals surface area contributed by atoms with Crippen LogP contribution in [0.25, 0.3) is 0 Å². The molecule has 0 aromatic rings. The third-order valence-electron chi connectivity index (χ3n) is 3.22. The number of hydrogen-bond donors (Lipinski definition) is 1. The van der Waals surface area contributed by atoms with Crippen molar-refractivity contribution in [3.05, 3.63) is 0 Å². The fourth-order valence-electron chi connectivity index (χ4n) is 1.91. The number of carboxylic acids is 1. The summed E-state index contributed by atoms with van der Waals surface area (Å²) in [6.45, 7) is 5.37. The average Bonchev–Trinajstić information content (AvgIpc) is 2.61. The fourth-order valence-corrected chi connectivity index (χ4v) is 1.91. The number of nitrogens with zero attached hydrogens (tertiary/aromatic N) is 1. The highest BCUT2D eigenvalue weighted by Crippen LogP contribution is 2.24. The van der Waals surface area contributed by atoms with E-state index in [-0.39, 0.29) is 18.1 Å². The minimum absolute atomic E-state index is 0.0221. The molecule has 2 unspecified atom stereocenters. The lowest BCUT2D eigenvalue weighted by Gasteiger charge is -2.32. The van der Waals surface area contributed by atoms with Crippen LogP contribution in [0.2, 0.25) is 0 Å². The van der Waals surface area contributed by atoms with Crippen molar-refractivity contribution in [2.45, 2.75) is 39.3 Å². The average molecular weight is 229 g/mol. The zero-order valence-electron chi connectivity index (χ0n) is 10.2. The van der Waals surface area contributed by atoms with Gasteiger partial charge in [0.25, 0.3) is 0 Å². The molecule has 1 heterocycles. The highest BCUT2D eigenvalue weighted by atomic mass is 16.5. The molecule has 0 radical (unpaired) electrons. The molecule has 0 bridgehead atoms. The molecule has 92 valence electrons. The predicted molar refractivity (Wildman–Crippen MR) is 58.0 cm³/mol. The number of amides is 1. The van der Waals surface area contributed by atoms with Crippen LogP contribution in [-0.4, -0.2) is 47.7 Å². The first-order chi connectivity index (χ1) is 7.28. The molecule has 1 saturated heterocycles. The summed E-state index contributed by atoms with van der Waals surface area (Å²) in [4.78, 5) is 24.5. The Morgan fingerprint density at radius 3 is 2.38 bits per heavy atom. The van der Waals surface area contributed by atoms with Crippen LogP contribution in [0.3, 0.4) is 0 Å². The van der Waals surface area contributed by atoms with Crippen LogP contribution in [-0.2, 0) is 14.3 Å². The van der Waals surface area contributed by atoms with Gasteiger partial charge in [0, 0.05) is 13.7 Å². The van der Waals surface area contributed by atoms with Crippen LogP contribution in [0.15, 0.2) is 0 Å². The van der Waals surface area contributed by atoms with E-state index in [0.29, 0.717) is 6.61 Å². The molecule has 1 aliphatic heterocycles. The number of carboxylic acid groups (broad SMARTS) is 1. The number of carbonyl (C=O) groups excluding carboxylic acids is 1. The molecule has 0 spiro atoms. The molecule has 5 heteroatoms. The van der Waals surface area contributed by atoms with E-state index in [9.17, 15) is 9.59 Å². The zero-order valence-corrected chi connectivity index (χ0v) is 10.2. The molecule has 0 aromatic heterocycles. The third-order valence-corrected chi connectivity index (χ3v) is 3.22. The Labute approximate surface area is 95.4 Å². The van der Waals surface area contributed by atoms with Crippen molar-refractivity contribution in [2.24, 2.45) is 5.41 Å². The molecule has 16 heavy (non-hydrogen) atoms. The minimum atomic E-state index is -1.38. The molecule has 1 rings (SSSR count). The molecular weight excluding hydrogens is 210 g/mol. The van der Waals surface area contributed by atoms with Crippen molar-refractivity contribution >= 4 is 11.9 Å². The van der Waals surface area contributed by atoms with Gasteiger partial charge in [-0.05, 0) is 27.2 Å². The van der Waals surface area contributed by atoms with Gasteiger partial charge in [0.15, 0.2) is 0 Å². The third kappa shape index (κ3) is 2.19. The second-order valence-corrected chi connectivity index (χ2v) is 4.78. The summed E-state index contributed by atoms with van der Waals surface area (Å²) in [6.07, 6.45) is 0.734. The van der Waals surface area contributed by atoms with E-state index in [1.807, 2.05) is 6.92 Å². The summed E-state index contributed by atoms with van der Waals surface area (Å²) in [6, 6.07) is -0.0221. The van der Waals surface area contributed by atoms with E-state index in [0.717, 1.165) is 6.42 Å². The van der Waals surface area contributed by atoms with E-state index in [1.165, 1.54) is 18.7 Å². The standard InChI is InChI=1S/C11H19NO4/c1-7-8(5-6-16-7)12(4)9(13)11(2,3)10(14)15/h7-8H,5-6H2,1-4H3,(H,14,15). The van der Waals surface area contributed by atoms with Crippen LogP contribution in [0, 0.1) is 5.41 Å². The Hall–Kier alpha value is -1.10. The Morgan fingerprint density at radius 2 is 2.00 bits per heavy atom. The Kier molecular flexibility index (Phi) is 3.57. The zero-order chi connectivity index (χ0) is 12.5. The molecule has 0 aromatic carbocycles. The lowest BCUT2D eigenvalue weighted by atomic mass is 9.91. The number of rotatable bonds is 3. The minimum Gasteiger partial charge on any atom is -0.480 e. The molecule has 1 amide bonds. The molecular formula is C11H19NO4. The van der Waals surface area contributed by atoms with Gasteiger partial charge in [-0.25, -0.2) is 0 Å². The van der Waals surface area contributed by atoms with Crippen molar-refractivity contribution in [3.63, 3.8) is 0 Å². The van der Waals surface area contributed by atoms with Crippen molar-refractivity contribution in [2.75, 3.05) is 13.7 Å². The largest absolute Gasteiger partial charge is 0.480 e.